The van der Waals surface area contributed by atoms with Crippen molar-refractivity contribution in [1.82, 2.24) is 10.2 Å². The number of rotatable bonds is 1. The van der Waals surface area contributed by atoms with E-state index < -0.39 is 0 Å². The SMILES string of the molecule is O=C(NC1CCOC1)N1CCCSCC1. The number of hydrogen-bond donors (Lipinski definition) is 1. The van der Waals surface area contributed by atoms with Crippen LogP contribution in [0, 0.1) is 0 Å². The number of nitrogens with zero attached hydrogens (tertiary/aromatic N) is 1. The Labute approximate surface area is 94.7 Å². The van der Waals surface area contributed by atoms with Crippen LogP contribution in [0.25, 0.3) is 0 Å². The number of carbonyl (C=O) groups is 1. The molecule has 0 spiro atoms. The summed E-state index contributed by atoms with van der Waals surface area (Å²) in [6.45, 7) is 3.23. The van der Waals surface area contributed by atoms with E-state index in [1.54, 1.807) is 0 Å². The van der Waals surface area contributed by atoms with E-state index in [4.69, 9.17) is 4.74 Å². The summed E-state index contributed by atoms with van der Waals surface area (Å²) in [4.78, 5) is 13.8. The number of amides is 2. The molecule has 0 aliphatic carbocycles. The molecule has 15 heavy (non-hydrogen) atoms. The Morgan fingerprint density at radius 3 is 3.13 bits per heavy atom. The van der Waals surface area contributed by atoms with E-state index in [1.165, 1.54) is 5.75 Å². The first kappa shape index (κ1) is 11.1. The van der Waals surface area contributed by atoms with Crippen LogP contribution in [0.2, 0.25) is 0 Å². The third-order valence-corrected chi connectivity index (χ3v) is 3.82. The summed E-state index contributed by atoms with van der Waals surface area (Å²) in [5, 5.41) is 3.03. The lowest BCUT2D eigenvalue weighted by Gasteiger charge is -2.22. The van der Waals surface area contributed by atoms with Gasteiger partial charge in [0.15, 0.2) is 0 Å². The predicted octanol–water partition coefficient (Wildman–Crippen LogP) is 0.924. The molecule has 2 aliphatic rings. The summed E-state index contributed by atoms with van der Waals surface area (Å²) in [7, 11) is 0. The van der Waals surface area contributed by atoms with E-state index in [-0.39, 0.29) is 12.1 Å². The van der Waals surface area contributed by atoms with Crippen molar-refractivity contribution >= 4 is 17.8 Å². The van der Waals surface area contributed by atoms with Gasteiger partial charge in [0.25, 0.3) is 0 Å². The molecule has 0 aromatic heterocycles. The molecule has 5 heteroatoms. The average molecular weight is 230 g/mol. The molecule has 2 rings (SSSR count). The third-order valence-electron chi connectivity index (χ3n) is 2.77. The van der Waals surface area contributed by atoms with Crippen molar-refractivity contribution in [2.24, 2.45) is 0 Å². The van der Waals surface area contributed by atoms with Gasteiger partial charge in [0.2, 0.25) is 0 Å². The van der Waals surface area contributed by atoms with Crippen molar-refractivity contribution < 1.29 is 9.53 Å². The molecule has 1 unspecified atom stereocenters. The largest absolute Gasteiger partial charge is 0.379 e. The molecule has 2 fully saturated rings. The summed E-state index contributed by atoms with van der Waals surface area (Å²) in [5.74, 6) is 2.24. The van der Waals surface area contributed by atoms with Gasteiger partial charge in [0, 0.05) is 25.4 Å². The summed E-state index contributed by atoms with van der Waals surface area (Å²) < 4.78 is 5.23. The van der Waals surface area contributed by atoms with Gasteiger partial charge in [-0.1, -0.05) is 0 Å². The predicted molar refractivity (Wildman–Crippen MR) is 61.3 cm³/mol. The zero-order chi connectivity index (χ0) is 10.5. The number of carbonyl (C=O) groups excluding carboxylic acids is 1. The smallest absolute Gasteiger partial charge is 0.317 e. The lowest BCUT2D eigenvalue weighted by atomic mass is 10.3. The number of thioether (sulfide) groups is 1. The van der Waals surface area contributed by atoms with Gasteiger partial charge in [-0.15, -0.1) is 0 Å². The lowest BCUT2D eigenvalue weighted by Crippen LogP contribution is -2.45. The monoisotopic (exact) mass is 230 g/mol. The Hall–Kier alpha value is -0.420. The summed E-state index contributed by atoms with van der Waals surface area (Å²) >= 11 is 1.93. The summed E-state index contributed by atoms with van der Waals surface area (Å²) in [6.07, 6.45) is 2.06. The van der Waals surface area contributed by atoms with E-state index in [2.05, 4.69) is 5.32 Å². The normalized spacial score (nSPS) is 27.5. The van der Waals surface area contributed by atoms with Crippen LogP contribution < -0.4 is 5.32 Å². The van der Waals surface area contributed by atoms with Gasteiger partial charge >= 0.3 is 6.03 Å². The van der Waals surface area contributed by atoms with Crippen LogP contribution in [0.3, 0.4) is 0 Å². The maximum Gasteiger partial charge on any atom is 0.317 e. The van der Waals surface area contributed by atoms with Crippen LogP contribution in [0.15, 0.2) is 0 Å². The molecule has 0 saturated carbocycles. The second-order valence-electron chi connectivity index (χ2n) is 3.96. The van der Waals surface area contributed by atoms with Crippen molar-refractivity contribution in [3.63, 3.8) is 0 Å². The first-order chi connectivity index (χ1) is 7.36. The second kappa shape index (κ2) is 5.61. The highest BCUT2D eigenvalue weighted by Gasteiger charge is 2.21. The highest BCUT2D eigenvalue weighted by atomic mass is 32.2. The average Bonchev–Trinajstić information content (AvgIpc) is 2.58. The first-order valence-electron chi connectivity index (χ1n) is 5.57. The quantitative estimate of drug-likeness (QED) is 0.728. The third kappa shape index (κ3) is 3.28. The first-order valence-corrected chi connectivity index (χ1v) is 6.72. The van der Waals surface area contributed by atoms with Crippen LogP contribution in [-0.2, 0) is 4.74 Å². The molecule has 4 nitrogen and oxygen atoms in total. The Morgan fingerprint density at radius 1 is 1.40 bits per heavy atom. The van der Waals surface area contributed by atoms with Crippen molar-refractivity contribution in [3.8, 4) is 0 Å². The zero-order valence-electron chi connectivity index (χ0n) is 8.91. The van der Waals surface area contributed by atoms with Crippen LogP contribution in [0.5, 0.6) is 0 Å². The maximum absolute atomic E-state index is 11.9. The van der Waals surface area contributed by atoms with Gasteiger partial charge in [0.1, 0.15) is 0 Å². The maximum atomic E-state index is 11.9. The van der Waals surface area contributed by atoms with E-state index in [0.717, 1.165) is 38.3 Å². The molecule has 0 radical (unpaired) electrons. The van der Waals surface area contributed by atoms with Crippen LogP contribution in [0.1, 0.15) is 12.8 Å². The van der Waals surface area contributed by atoms with Crippen molar-refractivity contribution in [2.45, 2.75) is 18.9 Å². The summed E-state index contributed by atoms with van der Waals surface area (Å²) in [5.41, 5.74) is 0. The van der Waals surface area contributed by atoms with E-state index in [0.29, 0.717) is 6.61 Å². The highest BCUT2D eigenvalue weighted by molar-refractivity contribution is 7.99. The van der Waals surface area contributed by atoms with E-state index in [9.17, 15) is 4.79 Å². The summed E-state index contributed by atoms with van der Waals surface area (Å²) in [6, 6.07) is 0.321. The van der Waals surface area contributed by atoms with Gasteiger partial charge in [-0.3, -0.25) is 0 Å². The topological polar surface area (TPSA) is 41.6 Å². The molecule has 2 amide bonds. The minimum absolute atomic E-state index is 0.0907. The minimum atomic E-state index is 0.0907. The van der Waals surface area contributed by atoms with Crippen molar-refractivity contribution in [3.05, 3.63) is 0 Å². The molecule has 86 valence electrons. The lowest BCUT2D eigenvalue weighted by molar-refractivity contribution is 0.179. The van der Waals surface area contributed by atoms with Crippen LogP contribution in [0.4, 0.5) is 4.79 Å². The molecule has 1 N–H and O–H groups in total. The van der Waals surface area contributed by atoms with Gasteiger partial charge < -0.3 is 15.0 Å². The van der Waals surface area contributed by atoms with Crippen LogP contribution in [-0.4, -0.2) is 54.8 Å². The standard InChI is InChI=1S/C10H18N2O2S/c13-10(11-9-2-5-14-8-9)12-3-1-6-15-7-4-12/h9H,1-8H2,(H,11,13). The highest BCUT2D eigenvalue weighted by Crippen LogP contribution is 2.11. The fourth-order valence-electron chi connectivity index (χ4n) is 1.86. The molecule has 2 saturated heterocycles. The van der Waals surface area contributed by atoms with Gasteiger partial charge in [-0.2, -0.15) is 11.8 Å². The molecule has 0 bridgehead atoms. The Bertz CT molecular complexity index is 211. The number of ether oxygens (including phenoxy) is 1. The van der Waals surface area contributed by atoms with Crippen LogP contribution >= 0.6 is 11.8 Å². The van der Waals surface area contributed by atoms with E-state index >= 15 is 0 Å². The molecular formula is C10H18N2O2S. The number of urea groups is 1. The minimum Gasteiger partial charge on any atom is -0.379 e. The van der Waals surface area contributed by atoms with E-state index in [1.807, 2.05) is 16.7 Å². The Balaban J connectivity index is 1.77. The molecular weight excluding hydrogens is 212 g/mol. The Kier molecular flexibility index (Phi) is 4.14. The van der Waals surface area contributed by atoms with Gasteiger partial charge in [-0.05, 0) is 18.6 Å². The van der Waals surface area contributed by atoms with Gasteiger partial charge in [-0.25, -0.2) is 4.79 Å². The molecule has 1 atom stereocenters. The number of hydrogen-bond acceptors (Lipinski definition) is 3. The zero-order valence-corrected chi connectivity index (χ0v) is 9.72. The molecule has 2 heterocycles. The second-order valence-corrected chi connectivity index (χ2v) is 5.19. The fraction of sp³-hybridized carbons (Fsp3) is 0.900. The van der Waals surface area contributed by atoms with Gasteiger partial charge in [0.05, 0.1) is 12.6 Å². The van der Waals surface area contributed by atoms with Crippen molar-refractivity contribution in [2.75, 3.05) is 37.8 Å². The molecule has 0 aromatic rings. The Morgan fingerprint density at radius 2 is 2.33 bits per heavy atom. The molecule has 2 aliphatic heterocycles. The fourth-order valence-corrected chi connectivity index (χ4v) is 2.75. The number of nitrogens with one attached hydrogen (secondary N) is 1. The van der Waals surface area contributed by atoms with Crippen molar-refractivity contribution in [1.29, 1.82) is 0 Å². The molecule has 0 aromatic carbocycles.